The highest BCUT2D eigenvalue weighted by atomic mass is 16.5. The number of rotatable bonds is 9. The number of methoxy groups -OCH3 is 2. The first kappa shape index (κ1) is 21.4. The first-order valence-corrected chi connectivity index (χ1v) is 9.85. The van der Waals surface area contributed by atoms with Crippen LogP contribution in [0.3, 0.4) is 0 Å². The summed E-state index contributed by atoms with van der Waals surface area (Å²) in [6.07, 6.45) is 5.81. The Morgan fingerprint density at radius 3 is 2.97 bits per heavy atom. The van der Waals surface area contributed by atoms with Gasteiger partial charge in [-0.05, 0) is 30.7 Å². The fraction of sp³-hybridized carbons (Fsp3) is 0.364. The smallest absolute Gasteiger partial charge is 0.237 e. The van der Waals surface area contributed by atoms with Gasteiger partial charge in [0.15, 0.2) is 0 Å². The number of benzene rings is 1. The largest absolute Gasteiger partial charge is 0.497 e. The predicted molar refractivity (Wildman–Crippen MR) is 120 cm³/mol. The molecule has 2 heterocycles. The Hall–Kier alpha value is -3.26. The molecule has 4 N–H and O–H groups in total. The molecule has 1 aromatic heterocycles. The van der Waals surface area contributed by atoms with Crippen LogP contribution in [0.4, 0.5) is 5.69 Å². The summed E-state index contributed by atoms with van der Waals surface area (Å²) in [5, 5.41) is 6.84. The number of fused-ring (bicyclic) bond motifs is 1. The molecule has 1 aliphatic rings. The normalized spacial score (nSPS) is 16.0. The van der Waals surface area contributed by atoms with E-state index < -0.39 is 0 Å². The Bertz CT molecular complexity index is 914. The summed E-state index contributed by atoms with van der Waals surface area (Å²) in [7, 11) is 5.03. The lowest BCUT2D eigenvalue weighted by molar-refractivity contribution is 0.194. The van der Waals surface area contributed by atoms with Crippen LogP contribution in [0.1, 0.15) is 11.1 Å². The van der Waals surface area contributed by atoms with Crippen molar-refractivity contribution in [2.75, 3.05) is 46.2 Å². The Balaban J connectivity index is 1.51. The number of aliphatic imine (C=N–C) groups is 1. The number of nitrogens with two attached hydrogens (primary N) is 1. The number of nitrogens with zero attached hydrogens (tertiary/aromatic N) is 2. The molecule has 1 aliphatic heterocycles. The first-order valence-electron chi connectivity index (χ1n) is 9.85. The van der Waals surface area contributed by atoms with E-state index in [0.29, 0.717) is 19.0 Å². The maximum Gasteiger partial charge on any atom is 0.237 e. The van der Waals surface area contributed by atoms with Crippen LogP contribution in [-0.4, -0.2) is 58.2 Å². The summed E-state index contributed by atoms with van der Waals surface area (Å²) >= 11 is 0. The average Bonchev–Trinajstić information content (AvgIpc) is 2.79. The van der Waals surface area contributed by atoms with Gasteiger partial charge in [0.1, 0.15) is 17.6 Å². The number of anilines is 1. The summed E-state index contributed by atoms with van der Waals surface area (Å²) in [4.78, 5) is 8.45. The van der Waals surface area contributed by atoms with E-state index in [2.05, 4.69) is 20.6 Å². The molecular weight excluding hydrogens is 382 g/mol. The third-order valence-corrected chi connectivity index (χ3v) is 4.87. The second kappa shape index (κ2) is 10.5. The Labute approximate surface area is 177 Å². The second-order valence-corrected chi connectivity index (χ2v) is 6.84. The molecular formula is C22H29N5O3. The number of hydrogen-bond donors (Lipinski definition) is 3. The van der Waals surface area contributed by atoms with E-state index in [4.69, 9.17) is 19.9 Å². The summed E-state index contributed by atoms with van der Waals surface area (Å²) in [6.45, 7) is 2.22. The van der Waals surface area contributed by atoms with Gasteiger partial charge in [0.2, 0.25) is 5.88 Å². The summed E-state index contributed by atoms with van der Waals surface area (Å²) in [6, 6.07) is 7.85. The molecule has 2 aromatic rings. The van der Waals surface area contributed by atoms with Crippen molar-refractivity contribution < 1.29 is 14.2 Å². The van der Waals surface area contributed by atoms with Crippen molar-refractivity contribution in [3.8, 4) is 17.4 Å². The Morgan fingerprint density at radius 2 is 2.23 bits per heavy atom. The van der Waals surface area contributed by atoms with Gasteiger partial charge in [-0.15, -0.1) is 0 Å². The average molecular weight is 412 g/mol. The molecule has 1 aromatic carbocycles. The molecule has 8 heteroatoms. The molecule has 3 rings (SSSR count). The van der Waals surface area contributed by atoms with E-state index in [1.807, 2.05) is 24.3 Å². The van der Waals surface area contributed by atoms with Crippen molar-refractivity contribution in [2.45, 2.75) is 12.5 Å². The molecule has 0 aliphatic carbocycles. The van der Waals surface area contributed by atoms with Crippen LogP contribution in [0, 0.1) is 0 Å². The summed E-state index contributed by atoms with van der Waals surface area (Å²) < 4.78 is 16.7. The molecule has 0 bridgehead atoms. The number of aromatic nitrogens is 1. The van der Waals surface area contributed by atoms with Gasteiger partial charge in [-0.3, -0.25) is 4.99 Å². The fourth-order valence-electron chi connectivity index (χ4n) is 3.27. The van der Waals surface area contributed by atoms with E-state index in [0.717, 1.165) is 46.9 Å². The van der Waals surface area contributed by atoms with E-state index >= 15 is 0 Å². The number of allylic oxidation sites excluding steroid dienone is 1. The minimum atomic E-state index is -0.00432. The highest BCUT2D eigenvalue weighted by molar-refractivity contribution is 6.09. The second-order valence-electron chi connectivity index (χ2n) is 6.84. The van der Waals surface area contributed by atoms with Crippen LogP contribution in [-0.2, 0) is 6.42 Å². The van der Waals surface area contributed by atoms with Gasteiger partial charge in [-0.2, -0.15) is 0 Å². The quantitative estimate of drug-likeness (QED) is 0.429. The molecule has 0 amide bonds. The fourth-order valence-corrected chi connectivity index (χ4v) is 3.27. The lowest BCUT2D eigenvalue weighted by Crippen LogP contribution is -2.40. The van der Waals surface area contributed by atoms with Crippen molar-refractivity contribution in [1.82, 2.24) is 10.3 Å². The molecule has 0 saturated heterocycles. The third-order valence-electron chi connectivity index (χ3n) is 4.87. The van der Waals surface area contributed by atoms with Gasteiger partial charge in [-0.1, -0.05) is 6.07 Å². The van der Waals surface area contributed by atoms with Gasteiger partial charge in [0, 0.05) is 49.4 Å². The van der Waals surface area contributed by atoms with Crippen molar-refractivity contribution in [3.05, 3.63) is 47.8 Å². The van der Waals surface area contributed by atoms with Gasteiger partial charge in [0.05, 0.1) is 26.5 Å². The van der Waals surface area contributed by atoms with Crippen molar-refractivity contribution in [3.63, 3.8) is 0 Å². The molecule has 0 spiro atoms. The van der Waals surface area contributed by atoms with Gasteiger partial charge in [-0.25, -0.2) is 4.98 Å². The zero-order valence-electron chi connectivity index (χ0n) is 17.6. The molecule has 1 atom stereocenters. The van der Waals surface area contributed by atoms with Crippen LogP contribution in [0.15, 0.2) is 41.7 Å². The Kier molecular flexibility index (Phi) is 7.51. The monoisotopic (exact) mass is 411 g/mol. The standard InChI is InChI=1S/C22H29N5O3/c1-24-11-17(10-23)16-8-20-22(27-12-16)30-19(14-26-20)13-25-7-6-15-4-5-18(28-2)9-21(15)29-3/h4-5,8-12,19,25-26H,6-7,13-14,23H2,1-3H3/b17-10+,24-11?. The highest BCUT2D eigenvalue weighted by Crippen LogP contribution is 2.29. The van der Waals surface area contributed by atoms with Crippen molar-refractivity contribution in [1.29, 1.82) is 0 Å². The van der Waals surface area contributed by atoms with Gasteiger partial charge < -0.3 is 30.6 Å². The molecule has 8 nitrogen and oxygen atoms in total. The van der Waals surface area contributed by atoms with Crippen LogP contribution < -0.4 is 30.6 Å². The lowest BCUT2D eigenvalue weighted by atomic mass is 10.1. The predicted octanol–water partition coefficient (Wildman–Crippen LogP) is 2.10. The third kappa shape index (κ3) is 5.21. The summed E-state index contributed by atoms with van der Waals surface area (Å²) in [5.74, 6) is 2.22. The number of nitrogens with one attached hydrogen (secondary N) is 2. The molecule has 160 valence electrons. The van der Waals surface area contributed by atoms with Crippen LogP contribution >= 0.6 is 0 Å². The van der Waals surface area contributed by atoms with E-state index in [1.165, 1.54) is 6.20 Å². The lowest BCUT2D eigenvalue weighted by Gasteiger charge is -2.27. The Morgan fingerprint density at radius 1 is 1.37 bits per heavy atom. The molecule has 30 heavy (non-hydrogen) atoms. The van der Waals surface area contributed by atoms with Crippen LogP contribution in [0.2, 0.25) is 0 Å². The molecule has 0 fully saturated rings. The summed E-state index contributed by atoms with van der Waals surface area (Å²) in [5.41, 5.74) is 9.37. The van der Waals surface area contributed by atoms with E-state index in [1.54, 1.807) is 33.7 Å². The van der Waals surface area contributed by atoms with Crippen molar-refractivity contribution in [2.24, 2.45) is 10.7 Å². The SMILES string of the molecule is CN=C/C(=C\N)c1cnc2c(c1)NCC(CNCCc1ccc(OC)cc1OC)O2. The van der Waals surface area contributed by atoms with Crippen LogP contribution in [0.25, 0.3) is 5.57 Å². The number of ether oxygens (including phenoxy) is 3. The van der Waals surface area contributed by atoms with Crippen molar-refractivity contribution >= 4 is 17.5 Å². The first-order chi connectivity index (χ1) is 14.7. The van der Waals surface area contributed by atoms with Gasteiger partial charge in [0.25, 0.3) is 0 Å². The molecule has 0 radical (unpaired) electrons. The highest BCUT2D eigenvalue weighted by Gasteiger charge is 2.21. The number of pyridine rings is 1. The van der Waals surface area contributed by atoms with Gasteiger partial charge >= 0.3 is 0 Å². The topological polar surface area (TPSA) is 103 Å². The zero-order valence-corrected chi connectivity index (χ0v) is 17.6. The van der Waals surface area contributed by atoms with E-state index in [9.17, 15) is 0 Å². The maximum atomic E-state index is 6.03. The minimum absolute atomic E-state index is 0.00432. The minimum Gasteiger partial charge on any atom is -0.497 e. The van der Waals surface area contributed by atoms with Crippen LogP contribution in [0.5, 0.6) is 17.4 Å². The number of hydrogen-bond acceptors (Lipinski definition) is 8. The van der Waals surface area contributed by atoms with E-state index in [-0.39, 0.29) is 6.10 Å². The maximum absolute atomic E-state index is 6.03. The molecule has 1 unspecified atom stereocenters. The molecule has 0 saturated carbocycles. The zero-order chi connectivity index (χ0) is 21.3.